The maximum absolute atomic E-state index is 12.9. The largest absolute Gasteiger partial charge is 0.376 e. The van der Waals surface area contributed by atoms with Gasteiger partial charge in [0.2, 0.25) is 11.8 Å². The third-order valence-electron chi connectivity index (χ3n) is 4.34. The molecule has 26 heavy (non-hydrogen) atoms. The number of benzene rings is 2. The molecular weight excluding hydrogens is 330 g/mol. The number of hydrogen-bond donors (Lipinski definition) is 2. The molecule has 1 aliphatic rings. The number of Topliss-reactive ketones (excluding diaryl/α,β-unsaturated/α-hetero) is 1. The number of nitrogens with one attached hydrogen (secondary N) is 2. The third kappa shape index (κ3) is 3.74. The van der Waals surface area contributed by atoms with Crippen LogP contribution in [-0.4, -0.2) is 30.2 Å². The quantitative estimate of drug-likeness (QED) is 0.830. The van der Waals surface area contributed by atoms with Crippen molar-refractivity contribution in [2.45, 2.75) is 26.3 Å². The zero-order chi connectivity index (χ0) is 18.7. The average molecular weight is 351 g/mol. The topological polar surface area (TPSA) is 78.5 Å². The molecule has 2 aromatic carbocycles. The molecule has 0 aromatic heterocycles. The molecule has 0 aliphatic carbocycles. The van der Waals surface area contributed by atoms with Crippen molar-refractivity contribution in [3.63, 3.8) is 0 Å². The molecule has 2 N–H and O–H groups in total. The van der Waals surface area contributed by atoms with Crippen LogP contribution in [0.2, 0.25) is 0 Å². The van der Waals surface area contributed by atoms with Gasteiger partial charge in [0.05, 0.1) is 17.9 Å². The number of para-hydroxylation sites is 2. The van der Waals surface area contributed by atoms with Crippen LogP contribution in [0, 0.1) is 0 Å². The van der Waals surface area contributed by atoms with Gasteiger partial charge >= 0.3 is 0 Å². The van der Waals surface area contributed by atoms with Gasteiger partial charge in [0, 0.05) is 23.7 Å². The minimum Gasteiger partial charge on any atom is -0.376 e. The van der Waals surface area contributed by atoms with E-state index in [0.29, 0.717) is 22.6 Å². The van der Waals surface area contributed by atoms with E-state index in [-0.39, 0.29) is 36.6 Å². The second-order valence-corrected chi connectivity index (χ2v) is 6.37. The second-order valence-electron chi connectivity index (χ2n) is 6.37. The molecule has 1 atom stereocenters. The fourth-order valence-electron chi connectivity index (χ4n) is 3.08. The Balaban J connectivity index is 1.79. The van der Waals surface area contributed by atoms with Crippen LogP contribution in [0.5, 0.6) is 0 Å². The van der Waals surface area contributed by atoms with Crippen LogP contribution in [0.4, 0.5) is 17.1 Å². The Labute approximate surface area is 152 Å². The van der Waals surface area contributed by atoms with E-state index in [0.717, 1.165) is 0 Å². The number of carbonyl (C=O) groups excluding carboxylic acids is 3. The lowest BCUT2D eigenvalue weighted by molar-refractivity contribution is -0.118. The van der Waals surface area contributed by atoms with Crippen molar-refractivity contribution in [3.8, 4) is 0 Å². The van der Waals surface area contributed by atoms with Crippen molar-refractivity contribution < 1.29 is 14.4 Å². The van der Waals surface area contributed by atoms with Crippen molar-refractivity contribution in [3.05, 3.63) is 54.1 Å². The molecule has 0 bridgehead atoms. The second kappa shape index (κ2) is 7.39. The zero-order valence-electron chi connectivity index (χ0n) is 14.8. The molecule has 3 rings (SSSR count). The van der Waals surface area contributed by atoms with Crippen molar-refractivity contribution in [2.24, 2.45) is 0 Å². The molecule has 0 saturated heterocycles. The summed E-state index contributed by atoms with van der Waals surface area (Å²) >= 11 is 0. The highest BCUT2D eigenvalue weighted by Gasteiger charge is 2.29. The van der Waals surface area contributed by atoms with Crippen LogP contribution in [0.1, 0.15) is 30.6 Å². The van der Waals surface area contributed by atoms with Gasteiger partial charge < -0.3 is 15.5 Å². The summed E-state index contributed by atoms with van der Waals surface area (Å²) < 4.78 is 0. The van der Waals surface area contributed by atoms with E-state index < -0.39 is 0 Å². The molecule has 0 saturated carbocycles. The Morgan fingerprint density at radius 1 is 1.19 bits per heavy atom. The van der Waals surface area contributed by atoms with E-state index in [2.05, 4.69) is 10.6 Å². The number of amides is 2. The smallest absolute Gasteiger partial charge is 0.246 e. The maximum atomic E-state index is 12.9. The van der Waals surface area contributed by atoms with Crippen LogP contribution < -0.4 is 15.5 Å². The van der Waals surface area contributed by atoms with Crippen molar-refractivity contribution >= 4 is 34.7 Å². The highest BCUT2D eigenvalue weighted by atomic mass is 16.2. The lowest BCUT2D eigenvalue weighted by Crippen LogP contribution is -2.42. The molecule has 6 nitrogen and oxygen atoms in total. The van der Waals surface area contributed by atoms with E-state index in [1.165, 1.54) is 6.92 Å². The number of nitrogens with zero attached hydrogens (tertiary/aromatic N) is 1. The molecule has 0 unspecified atom stereocenters. The van der Waals surface area contributed by atoms with Crippen molar-refractivity contribution in [2.75, 3.05) is 22.1 Å². The number of anilines is 3. The number of rotatable bonds is 4. The van der Waals surface area contributed by atoms with E-state index in [4.69, 9.17) is 0 Å². The summed E-state index contributed by atoms with van der Waals surface area (Å²) in [6.45, 7) is 3.42. The molecule has 1 heterocycles. The Morgan fingerprint density at radius 3 is 2.73 bits per heavy atom. The predicted molar refractivity (Wildman–Crippen MR) is 102 cm³/mol. The van der Waals surface area contributed by atoms with E-state index >= 15 is 0 Å². The molecule has 6 heteroatoms. The molecule has 0 radical (unpaired) electrons. The normalized spacial score (nSPS) is 16.3. The minimum atomic E-state index is -0.253. The van der Waals surface area contributed by atoms with Gasteiger partial charge in [-0.15, -0.1) is 0 Å². The lowest BCUT2D eigenvalue weighted by Gasteiger charge is -2.28. The lowest BCUT2D eigenvalue weighted by atomic mass is 10.1. The SMILES string of the molecule is CC(=O)c1cccc(NCC(=O)N2c3ccccc3NC(=O)C[C@@H]2C)c1. The first-order chi connectivity index (χ1) is 12.5. The van der Waals surface area contributed by atoms with Gasteiger partial charge in [0.15, 0.2) is 5.78 Å². The van der Waals surface area contributed by atoms with Gasteiger partial charge in [0.25, 0.3) is 0 Å². The van der Waals surface area contributed by atoms with Crippen LogP contribution in [-0.2, 0) is 9.59 Å². The first-order valence-corrected chi connectivity index (χ1v) is 8.51. The Morgan fingerprint density at radius 2 is 1.96 bits per heavy atom. The number of hydrogen-bond acceptors (Lipinski definition) is 4. The minimum absolute atomic E-state index is 0.0281. The maximum Gasteiger partial charge on any atom is 0.246 e. The molecule has 2 amide bonds. The van der Waals surface area contributed by atoms with Crippen molar-refractivity contribution in [1.82, 2.24) is 0 Å². The summed E-state index contributed by atoms with van der Waals surface area (Å²) in [5, 5.41) is 5.91. The predicted octanol–water partition coefficient (Wildman–Crippen LogP) is 3.07. The Bertz CT molecular complexity index is 863. The first kappa shape index (κ1) is 17.7. The summed E-state index contributed by atoms with van der Waals surface area (Å²) in [4.78, 5) is 38.0. The van der Waals surface area contributed by atoms with Crippen LogP contribution in [0.3, 0.4) is 0 Å². The van der Waals surface area contributed by atoms with Crippen molar-refractivity contribution in [1.29, 1.82) is 0 Å². The van der Waals surface area contributed by atoms with Gasteiger partial charge in [0.1, 0.15) is 0 Å². The summed E-state index contributed by atoms with van der Waals surface area (Å²) in [5.74, 6) is -0.281. The van der Waals surface area contributed by atoms with Gasteiger partial charge in [-0.3, -0.25) is 14.4 Å². The summed E-state index contributed by atoms with van der Waals surface area (Å²) in [6.07, 6.45) is 0.236. The fraction of sp³-hybridized carbons (Fsp3) is 0.250. The van der Waals surface area contributed by atoms with Gasteiger partial charge in [-0.2, -0.15) is 0 Å². The van der Waals surface area contributed by atoms with Crippen LogP contribution in [0.15, 0.2) is 48.5 Å². The summed E-state index contributed by atoms with van der Waals surface area (Å²) in [6, 6.07) is 14.1. The molecule has 2 aromatic rings. The van der Waals surface area contributed by atoms with E-state index in [9.17, 15) is 14.4 Å². The molecule has 134 valence electrons. The summed E-state index contributed by atoms with van der Waals surface area (Å²) in [7, 11) is 0. The Kier molecular flexibility index (Phi) is 5.02. The van der Waals surface area contributed by atoms with Gasteiger partial charge in [-0.1, -0.05) is 24.3 Å². The van der Waals surface area contributed by atoms with Crippen LogP contribution >= 0.6 is 0 Å². The first-order valence-electron chi connectivity index (χ1n) is 8.51. The average Bonchev–Trinajstić information content (AvgIpc) is 2.74. The fourth-order valence-corrected chi connectivity index (χ4v) is 3.08. The monoisotopic (exact) mass is 351 g/mol. The van der Waals surface area contributed by atoms with Gasteiger partial charge in [-0.25, -0.2) is 0 Å². The number of carbonyl (C=O) groups is 3. The highest BCUT2D eigenvalue weighted by molar-refractivity contribution is 6.05. The number of ketones is 1. The Hall–Kier alpha value is -3.15. The molecule has 0 spiro atoms. The van der Waals surface area contributed by atoms with E-state index in [1.807, 2.05) is 31.2 Å². The summed E-state index contributed by atoms with van der Waals surface area (Å²) in [5.41, 5.74) is 2.62. The highest BCUT2D eigenvalue weighted by Crippen LogP contribution is 2.31. The zero-order valence-corrected chi connectivity index (χ0v) is 14.8. The number of fused-ring (bicyclic) bond motifs is 1. The third-order valence-corrected chi connectivity index (χ3v) is 4.34. The molecule has 0 fully saturated rings. The molecule has 1 aliphatic heterocycles. The van der Waals surface area contributed by atoms with Gasteiger partial charge in [-0.05, 0) is 38.1 Å². The molecular formula is C20H21N3O3. The van der Waals surface area contributed by atoms with E-state index in [1.54, 1.807) is 29.2 Å². The standard InChI is InChI=1S/C20H21N3O3/c1-13-10-19(25)22-17-8-3-4-9-18(17)23(13)20(26)12-21-16-7-5-6-15(11-16)14(2)24/h3-9,11,13,21H,10,12H2,1-2H3,(H,22,25)/t13-/m0/s1. The van der Waals surface area contributed by atoms with Crippen LogP contribution in [0.25, 0.3) is 0 Å².